The molecule has 21 aromatic carbocycles. The zero-order valence-corrected chi connectivity index (χ0v) is 83.9. The van der Waals surface area contributed by atoms with E-state index in [2.05, 4.69) is 556 Å². The minimum Gasteiger partial charge on any atom is -0.311 e. The van der Waals surface area contributed by atoms with Gasteiger partial charge in [-0.3, -0.25) is 0 Å². The monoisotopic (exact) mass is 2020 g/mol. The van der Waals surface area contributed by atoms with Gasteiger partial charge < -0.3 is 14.4 Å². The first-order chi connectivity index (χ1) is 69.1. The van der Waals surface area contributed by atoms with E-state index in [0.717, 1.165) is 101 Å². The molecule has 8 heteroatoms. The molecule has 0 saturated carbocycles. The molecule has 0 spiro atoms. The van der Waals surface area contributed by atoms with E-state index in [-0.39, 0.29) is 31.6 Å². The van der Waals surface area contributed by atoms with E-state index in [0.29, 0.717) is 0 Å². The first kappa shape index (κ1) is 89.8. The molecule has 26 rings (SSSR count). The van der Waals surface area contributed by atoms with Gasteiger partial charge in [0.15, 0.2) is 0 Å². The van der Waals surface area contributed by atoms with E-state index in [1.807, 2.05) is 0 Å². The molecule has 3 aromatic heterocycles. The number of rotatable bonds is 15. The van der Waals surface area contributed by atoms with Crippen molar-refractivity contribution in [3.63, 3.8) is 0 Å². The molecule has 0 N–H and O–H groups in total. The predicted molar refractivity (Wildman–Crippen MR) is 600 cm³/mol. The molecule has 1 atom stereocenters. The maximum absolute atomic E-state index is 10.3. The SMILES string of the molecule is CC1(C)c2ccccc2-c2ccc(N(c3ccc(-c4ccccc4)cc3)c3ccc4c(c3)c3ccccc3n4-c3ccccc3)cc21.CPF.[BiH2].c1ccc(-c2cc(-c3ccc4ccccc4c3)nc3c2ccc2c(-c4ccccc4)cc(-c4ccc5ccccc5c4)nc23)cc1.c1ccc(-c2ccc(N(c3ccccc3)c3ccc(C4(c5ccccc5)c5ccccc5-c5ccccc54)cc3)cc2)cc1. The summed E-state index contributed by atoms with van der Waals surface area (Å²) in [7, 11) is -0.417. The van der Waals surface area contributed by atoms with E-state index < -0.39 is 14.3 Å². The van der Waals surface area contributed by atoms with Gasteiger partial charge >= 0.3 is 26.2 Å². The quantitative estimate of drug-likeness (QED) is 0.0582. The van der Waals surface area contributed by atoms with Crippen LogP contribution >= 0.6 is 8.89 Å². The van der Waals surface area contributed by atoms with Crippen LogP contribution in [0.3, 0.4) is 0 Å². The molecule has 3 heterocycles. The molecule has 1 unspecified atom stereocenters. The number of hydrogen-bond acceptors (Lipinski definition) is 4. The van der Waals surface area contributed by atoms with Gasteiger partial charge in [0, 0.05) is 77.9 Å². The number of anilines is 6. The summed E-state index contributed by atoms with van der Waals surface area (Å²) < 4.78 is 12.7. The van der Waals surface area contributed by atoms with Crippen LogP contribution in [0.4, 0.5) is 38.3 Å². The zero-order valence-electron chi connectivity index (χ0n) is 78.4. The van der Waals surface area contributed by atoms with Gasteiger partial charge in [-0.1, -0.05) is 420 Å². The number of aromatic nitrogens is 3. The van der Waals surface area contributed by atoms with Crippen molar-refractivity contribution in [3.05, 3.63) is 561 Å². The molecule has 0 bridgehead atoms. The second kappa shape index (κ2) is 39.2. The van der Waals surface area contributed by atoms with Crippen LogP contribution in [0.1, 0.15) is 47.2 Å². The van der Waals surface area contributed by atoms with Crippen molar-refractivity contribution in [1.82, 2.24) is 14.5 Å². The Hall–Kier alpha value is -16.4. The van der Waals surface area contributed by atoms with Crippen molar-refractivity contribution in [1.29, 1.82) is 0 Å². The molecule has 2 aliphatic carbocycles. The van der Waals surface area contributed by atoms with Gasteiger partial charge in [0.2, 0.25) is 0 Å². The molecular formula is C133H99BiFN5P. The Kier molecular flexibility index (Phi) is 25.0. The molecule has 0 amide bonds. The minimum absolute atomic E-state index is 0. The molecule has 0 aliphatic heterocycles. The maximum Gasteiger partial charge on any atom is 0.0978 e. The number of pyridine rings is 2. The van der Waals surface area contributed by atoms with E-state index in [1.165, 1.54) is 134 Å². The Morgan fingerprint density at radius 1 is 0.234 bits per heavy atom. The third-order valence-corrected chi connectivity index (χ3v) is 28.0. The normalized spacial score (nSPS) is 12.3. The largest absolute Gasteiger partial charge is 0.311 e. The van der Waals surface area contributed by atoms with Crippen LogP contribution in [0.2, 0.25) is 0 Å². The van der Waals surface area contributed by atoms with E-state index in [4.69, 9.17) is 9.97 Å². The van der Waals surface area contributed by atoms with Crippen molar-refractivity contribution < 1.29 is 4.20 Å². The van der Waals surface area contributed by atoms with Crippen LogP contribution in [0.5, 0.6) is 0 Å². The Morgan fingerprint density at radius 2 is 0.567 bits per heavy atom. The fourth-order valence-corrected chi connectivity index (χ4v) is 21.4. The first-order valence-electron chi connectivity index (χ1n) is 47.9. The standard InChI is InChI=1S/C45H34N2.C44H28N2.C43H31N.CH4FP.Bi.2H/c1-45(2)41-19-11-9-17-37(41)38-27-25-36(30-42(38)45)46(34-23-21-32(22-24-34)31-13-5-3-6-14-31)35-26-28-44-40(29-35)39-18-10-12-20-43(39)47(44)33-15-7-4-8-16-33;1-3-13-31(14-4-1)39-27-41(35-21-19-29-11-7-9-17-33(29)25-35)45-43-37(39)23-24-38-40(32-15-5-2-6-16-32)28-42(46-44(38)43)36-22-20-30-12-8-10-18-34(30)26-36;1-4-14-32(15-5-1)33-24-28-37(29-25-33)44(36-18-8-3-9-19-36)38-30-26-35(27-31-38)43(34-16-6-2-7-17-34)41-22-12-10-20-39(41)40-21-11-13-23-42(40)43;1-3-2;;;/h3-30H,1-2H3;1-28H;1-31H;3H,1H3;;;. The van der Waals surface area contributed by atoms with Gasteiger partial charge in [-0.05, 0) is 250 Å². The average Bonchev–Trinajstić information content (AvgIpc) is 1.53. The Morgan fingerprint density at radius 3 is 1.06 bits per heavy atom. The van der Waals surface area contributed by atoms with Crippen LogP contribution in [0, 0.1) is 0 Å². The fourth-order valence-electron chi connectivity index (χ4n) is 21.4. The summed E-state index contributed by atoms with van der Waals surface area (Å²) in [6.45, 7) is 6.19. The molecule has 2 aliphatic rings. The topological polar surface area (TPSA) is 37.2 Å². The van der Waals surface area contributed by atoms with Crippen molar-refractivity contribution in [2.45, 2.75) is 24.7 Å². The van der Waals surface area contributed by atoms with Crippen LogP contribution in [-0.2, 0) is 10.8 Å². The fraction of sp³-hybridized carbons (Fsp3) is 0.0376. The van der Waals surface area contributed by atoms with Crippen molar-refractivity contribution >= 4 is 134 Å². The molecule has 141 heavy (non-hydrogen) atoms. The summed E-state index contributed by atoms with van der Waals surface area (Å²) in [5, 5.41) is 9.49. The summed E-state index contributed by atoms with van der Waals surface area (Å²) in [6.07, 6.45) is 0. The molecule has 1 radical (unpaired) electrons. The van der Waals surface area contributed by atoms with E-state index >= 15 is 0 Å². The zero-order chi connectivity index (χ0) is 94.0. The summed E-state index contributed by atoms with van der Waals surface area (Å²) in [4.78, 5) is 15.6. The van der Waals surface area contributed by atoms with Gasteiger partial charge in [-0.25, -0.2) is 14.2 Å². The smallest absolute Gasteiger partial charge is 0.0978 e. The van der Waals surface area contributed by atoms with Gasteiger partial charge in [-0.15, -0.1) is 0 Å². The first-order valence-corrected chi connectivity index (χ1v) is 49.3. The van der Waals surface area contributed by atoms with Crippen LogP contribution in [0.25, 0.3) is 160 Å². The molecule has 0 saturated heterocycles. The predicted octanol–water partition coefficient (Wildman–Crippen LogP) is 35.4. The third-order valence-electron chi connectivity index (χ3n) is 28.0. The Labute approximate surface area is 843 Å². The summed E-state index contributed by atoms with van der Waals surface area (Å²) in [5.41, 5.74) is 38.4. The van der Waals surface area contributed by atoms with Crippen LogP contribution in [0.15, 0.2) is 528 Å². The van der Waals surface area contributed by atoms with Gasteiger partial charge in [0.05, 0.1) is 47.8 Å². The van der Waals surface area contributed by atoms with E-state index in [9.17, 15) is 4.20 Å². The van der Waals surface area contributed by atoms with Gasteiger partial charge in [0.1, 0.15) is 0 Å². The second-order valence-electron chi connectivity index (χ2n) is 36.4. The second-order valence-corrected chi connectivity index (χ2v) is 36.8. The van der Waals surface area contributed by atoms with Gasteiger partial charge in [-0.2, -0.15) is 0 Å². The average molecular weight is 2030 g/mol. The summed E-state index contributed by atoms with van der Waals surface area (Å²) in [5.74, 6) is 0. The number of nitrogens with zero attached hydrogens (tertiary/aromatic N) is 5. The minimum atomic E-state index is -0.417. The Balaban J connectivity index is 0.000000119. The third kappa shape index (κ3) is 16.9. The van der Waals surface area contributed by atoms with Crippen molar-refractivity contribution in [3.8, 4) is 95.0 Å². The Bertz CT molecular complexity index is 8440. The van der Waals surface area contributed by atoms with Crippen LogP contribution in [-0.4, -0.2) is 47.4 Å². The summed E-state index contributed by atoms with van der Waals surface area (Å²) in [6, 6.07) is 190. The van der Waals surface area contributed by atoms with E-state index in [1.54, 1.807) is 0 Å². The number of halogens is 1. The van der Waals surface area contributed by atoms with Crippen LogP contribution < -0.4 is 9.80 Å². The number of hydrogen-bond donors (Lipinski definition) is 0. The summed E-state index contributed by atoms with van der Waals surface area (Å²) >= 11 is 0. The molecule has 24 aromatic rings. The molecule has 5 nitrogen and oxygen atoms in total. The van der Waals surface area contributed by atoms with Crippen molar-refractivity contribution in [2.24, 2.45) is 0 Å². The van der Waals surface area contributed by atoms with Crippen molar-refractivity contribution in [2.75, 3.05) is 16.5 Å². The molecule has 0 fully saturated rings. The molecule has 673 valence electrons. The number of para-hydroxylation sites is 3. The molecular weight excluding hydrogens is 1930 g/mol. The van der Waals surface area contributed by atoms with Gasteiger partial charge in [0.25, 0.3) is 0 Å². The number of fused-ring (bicyclic) bond motifs is 14. The maximum atomic E-state index is 10.3. The number of benzene rings is 21.